The highest BCUT2D eigenvalue weighted by molar-refractivity contribution is 5.99. The second kappa shape index (κ2) is 5.27. The van der Waals surface area contributed by atoms with E-state index in [-0.39, 0.29) is 29.1 Å². The van der Waals surface area contributed by atoms with Gasteiger partial charge in [-0.05, 0) is 38.4 Å². The van der Waals surface area contributed by atoms with E-state index in [1.165, 1.54) is 18.2 Å². The molecule has 0 radical (unpaired) electrons. The fourth-order valence-corrected chi connectivity index (χ4v) is 2.24. The summed E-state index contributed by atoms with van der Waals surface area (Å²) in [6.45, 7) is 2.96. The van der Waals surface area contributed by atoms with E-state index in [2.05, 4.69) is 10.6 Å². The third kappa shape index (κ3) is 2.56. The van der Waals surface area contributed by atoms with Crippen molar-refractivity contribution in [2.45, 2.75) is 31.8 Å². The van der Waals surface area contributed by atoms with Crippen LogP contribution in [-0.2, 0) is 0 Å². The Morgan fingerprint density at radius 1 is 1.39 bits per heavy atom. The number of rotatable bonds is 2. The summed E-state index contributed by atoms with van der Waals surface area (Å²) in [4.78, 5) is 12.0. The van der Waals surface area contributed by atoms with Crippen LogP contribution in [0.1, 0.15) is 30.1 Å². The Balaban J connectivity index is 2.12. The van der Waals surface area contributed by atoms with Crippen molar-refractivity contribution in [3.63, 3.8) is 0 Å². The molecule has 0 aromatic heterocycles. The molecule has 2 unspecified atom stereocenters. The topological polar surface area (TPSA) is 81.6 Å². The van der Waals surface area contributed by atoms with Crippen molar-refractivity contribution >= 4 is 5.91 Å². The van der Waals surface area contributed by atoms with Gasteiger partial charge in [0.1, 0.15) is 17.1 Å². The smallest absolute Gasteiger partial charge is 0.259 e. The van der Waals surface area contributed by atoms with Gasteiger partial charge in [-0.3, -0.25) is 4.79 Å². The SMILES string of the molecule is CC1NCCCC1NC(=O)c1c(O)cccc1O. The molecule has 18 heavy (non-hydrogen) atoms. The summed E-state index contributed by atoms with van der Waals surface area (Å²) in [5.41, 5.74) is -0.0599. The molecular weight excluding hydrogens is 232 g/mol. The van der Waals surface area contributed by atoms with Crippen LogP contribution in [0, 0.1) is 0 Å². The molecule has 0 saturated carbocycles. The molecule has 1 heterocycles. The molecule has 0 bridgehead atoms. The molecule has 0 spiro atoms. The quantitative estimate of drug-likeness (QED) is 0.630. The zero-order valence-electron chi connectivity index (χ0n) is 10.3. The summed E-state index contributed by atoms with van der Waals surface area (Å²) in [7, 11) is 0. The molecule has 4 N–H and O–H groups in total. The number of carbonyl (C=O) groups is 1. The number of hydrogen-bond acceptors (Lipinski definition) is 4. The maximum Gasteiger partial charge on any atom is 0.259 e. The Morgan fingerprint density at radius 2 is 2.06 bits per heavy atom. The van der Waals surface area contributed by atoms with E-state index in [4.69, 9.17) is 0 Å². The third-order valence-electron chi connectivity index (χ3n) is 3.33. The predicted octanol–water partition coefficient (Wildman–Crippen LogP) is 0.968. The molecule has 1 aliphatic heterocycles. The van der Waals surface area contributed by atoms with Gasteiger partial charge in [0.15, 0.2) is 0 Å². The number of phenols is 2. The number of piperidine rings is 1. The number of hydrogen-bond donors (Lipinski definition) is 4. The average molecular weight is 250 g/mol. The van der Waals surface area contributed by atoms with Crippen LogP contribution in [0.3, 0.4) is 0 Å². The number of aromatic hydroxyl groups is 2. The van der Waals surface area contributed by atoms with Crippen molar-refractivity contribution < 1.29 is 15.0 Å². The second-order valence-electron chi connectivity index (χ2n) is 4.64. The van der Waals surface area contributed by atoms with Crippen LogP contribution in [0.2, 0.25) is 0 Å². The molecule has 1 fully saturated rings. The Bertz CT molecular complexity index is 428. The van der Waals surface area contributed by atoms with Gasteiger partial charge in [0, 0.05) is 12.1 Å². The Kier molecular flexibility index (Phi) is 3.72. The molecular formula is C13H18N2O3. The average Bonchev–Trinajstić information content (AvgIpc) is 2.32. The van der Waals surface area contributed by atoms with Crippen molar-refractivity contribution in [1.82, 2.24) is 10.6 Å². The van der Waals surface area contributed by atoms with Gasteiger partial charge in [0.2, 0.25) is 0 Å². The van der Waals surface area contributed by atoms with Crippen LogP contribution in [0.25, 0.3) is 0 Å². The maximum absolute atomic E-state index is 12.0. The monoisotopic (exact) mass is 250 g/mol. The van der Waals surface area contributed by atoms with E-state index in [1.54, 1.807) is 0 Å². The van der Waals surface area contributed by atoms with Gasteiger partial charge in [-0.15, -0.1) is 0 Å². The van der Waals surface area contributed by atoms with Crippen molar-refractivity contribution in [2.75, 3.05) is 6.54 Å². The standard InChI is InChI=1S/C13H18N2O3/c1-8-9(4-3-7-14-8)15-13(18)12-10(16)5-2-6-11(12)17/h2,5-6,8-9,14,16-17H,3-4,7H2,1H3,(H,15,18). The fraction of sp³-hybridized carbons (Fsp3) is 0.462. The van der Waals surface area contributed by atoms with E-state index in [1.807, 2.05) is 6.92 Å². The van der Waals surface area contributed by atoms with E-state index in [0.717, 1.165) is 19.4 Å². The minimum atomic E-state index is -0.439. The molecule has 1 amide bonds. The normalized spacial score (nSPS) is 23.6. The minimum absolute atomic E-state index is 0.0188. The number of phenolic OH excluding ortho intramolecular Hbond substituents is 2. The molecule has 5 nitrogen and oxygen atoms in total. The lowest BCUT2D eigenvalue weighted by Gasteiger charge is -2.30. The first-order chi connectivity index (χ1) is 8.59. The first kappa shape index (κ1) is 12.7. The van der Waals surface area contributed by atoms with Gasteiger partial charge < -0.3 is 20.8 Å². The molecule has 1 saturated heterocycles. The van der Waals surface area contributed by atoms with Gasteiger partial charge >= 0.3 is 0 Å². The summed E-state index contributed by atoms with van der Waals surface area (Å²) in [5.74, 6) is -0.848. The lowest BCUT2D eigenvalue weighted by molar-refractivity contribution is 0.0914. The molecule has 0 aliphatic carbocycles. The van der Waals surface area contributed by atoms with E-state index < -0.39 is 5.91 Å². The summed E-state index contributed by atoms with van der Waals surface area (Å²) in [6, 6.07) is 4.47. The van der Waals surface area contributed by atoms with Crippen LogP contribution in [0.5, 0.6) is 11.5 Å². The van der Waals surface area contributed by atoms with Crippen molar-refractivity contribution in [2.24, 2.45) is 0 Å². The van der Waals surface area contributed by atoms with E-state index in [0.29, 0.717) is 0 Å². The third-order valence-corrected chi connectivity index (χ3v) is 3.33. The number of amides is 1. The van der Waals surface area contributed by atoms with Gasteiger partial charge in [-0.1, -0.05) is 6.07 Å². The van der Waals surface area contributed by atoms with E-state index >= 15 is 0 Å². The van der Waals surface area contributed by atoms with Crippen LogP contribution < -0.4 is 10.6 Å². The zero-order chi connectivity index (χ0) is 13.1. The highest BCUT2D eigenvalue weighted by Gasteiger charge is 2.25. The fourth-order valence-electron chi connectivity index (χ4n) is 2.24. The van der Waals surface area contributed by atoms with Crippen molar-refractivity contribution in [3.05, 3.63) is 23.8 Å². The van der Waals surface area contributed by atoms with E-state index in [9.17, 15) is 15.0 Å². The summed E-state index contributed by atoms with van der Waals surface area (Å²) >= 11 is 0. The molecule has 2 rings (SSSR count). The predicted molar refractivity (Wildman–Crippen MR) is 67.7 cm³/mol. The number of carbonyl (C=O) groups excluding carboxylic acids is 1. The number of nitrogens with one attached hydrogen (secondary N) is 2. The molecule has 1 aromatic carbocycles. The van der Waals surface area contributed by atoms with Crippen LogP contribution in [0.15, 0.2) is 18.2 Å². The number of benzene rings is 1. The largest absolute Gasteiger partial charge is 0.507 e. The summed E-state index contributed by atoms with van der Waals surface area (Å²) in [6.07, 6.45) is 1.90. The second-order valence-corrected chi connectivity index (χ2v) is 4.64. The van der Waals surface area contributed by atoms with Crippen LogP contribution in [-0.4, -0.2) is 34.7 Å². The summed E-state index contributed by atoms with van der Waals surface area (Å²) < 4.78 is 0. The first-order valence-corrected chi connectivity index (χ1v) is 6.15. The lowest BCUT2D eigenvalue weighted by Crippen LogP contribution is -2.51. The minimum Gasteiger partial charge on any atom is -0.507 e. The van der Waals surface area contributed by atoms with Gasteiger partial charge in [-0.25, -0.2) is 0 Å². The van der Waals surface area contributed by atoms with Gasteiger partial charge in [0.05, 0.1) is 0 Å². The maximum atomic E-state index is 12.0. The molecule has 98 valence electrons. The lowest BCUT2D eigenvalue weighted by atomic mass is 9.99. The van der Waals surface area contributed by atoms with Crippen LogP contribution in [0.4, 0.5) is 0 Å². The molecule has 1 aromatic rings. The van der Waals surface area contributed by atoms with Crippen molar-refractivity contribution in [1.29, 1.82) is 0 Å². The highest BCUT2D eigenvalue weighted by atomic mass is 16.3. The molecule has 5 heteroatoms. The van der Waals surface area contributed by atoms with Crippen molar-refractivity contribution in [3.8, 4) is 11.5 Å². The highest BCUT2D eigenvalue weighted by Crippen LogP contribution is 2.26. The first-order valence-electron chi connectivity index (χ1n) is 6.15. The Morgan fingerprint density at radius 3 is 2.67 bits per heavy atom. The van der Waals surface area contributed by atoms with Crippen LogP contribution >= 0.6 is 0 Å². The summed E-state index contributed by atoms with van der Waals surface area (Å²) in [5, 5.41) is 25.4. The Hall–Kier alpha value is -1.75. The Labute approximate surface area is 106 Å². The zero-order valence-corrected chi connectivity index (χ0v) is 10.3. The van der Waals surface area contributed by atoms with Gasteiger partial charge in [-0.2, -0.15) is 0 Å². The molecule has 2 atom stereocenters. The van der Waals surface area contributed by atoms with Gasteiger partial charge in [0.25, 0.3) is 5.91 Å². The molecule has 1 aliphatic rings.